The van der Waals surface area contributed by atoms with E-state index in [-0.39, 0.29) is 0 Å². The van der Waals surface area contributed by atoms with E-state index in [0.717, 1.165) is 0 Å². The molecule has 1 rings (SSSR count). The summed E-state index contributed by atoms with van der Waals surface area (Å²) in [6.45, 7) is 0. The molecule has 0 aromatic rings. The molecule has 0 spiro atoms. The molecule has 1 heterocycles. The number of hydrogen-bond acceptors (Lipinski definition) is 3. The summed E-state index contributed by atoms with van der Waals surface area (Å²) < 4.78 is 0. The largest absolute Gasteiger partial charge is 0.368 e. The monoisotopic (exact) mass is 129 g/mol. The van der Waals surface area contributed by atoms with E-state index < -0.39 is 23.9 Å². The highest BCUT2D eigenvalue weighted by Gasteiger charge is 2.45. The first-order chi connectivity index (χ1) is 4.13. The van der Waals surface area contributed by atoms with Gasteiger partial charge in [0.15, 0.2) is 0 Å². The van der Waals surface area contributed by atoms with Gasteiger partial charge in [-0.2, -0.15) is 0 Å². The Bertz CT molecular complexity index is 149. The van der Waals surface area contributed by atoms with Gasteiger partial charge in [0.2, 0.25) is 11.8 Å². The second kappa shape index (κ2) is 1.70. The summed E-state index contributed by atoms with van der Waals surface area (Å²) in [4.78, 5) is 20.5. The molecule has 0 aromatic carbocycles. The topological polar surface area (TPSA) is 108 Å². The normalized spacial score (nSPS) is 31.6. The molecule has 0 aliphatic carbocycles. The lowest BCUT2D eigenvalue weighted by Crippen LogP contribution is -2.26. The zero-order valence-corrected chi connectivity index (χ0v) is 4.63. The molecule has 1 aliphatic heterocycles. The van der Waals surface area contributed by atoms with Crippen molar-refractivity contribution < 1.29 is 9.59 Å². The smallest absolute Gasteiger partial charge is 0.236 e. The van der Waals surface area contributed by atoms with Gasteiger partial charge in [-0.3, -0.25) is 14.9 Å². The lowest BCUT2D eigenvalue weighted by Gasteiger charge is -1.83. The molecular formula is C4H7N3O2. The van der Waals surface area contributed by atoms with Gasteiger partial charge in [-0.1, -0.05) is 0 Å². The summed E-state index contributed by atoms with van der Waals surface area (Å²) in [5.41, 5.74) is 9.63. The minimum atomic E-state index is -0.529. The molecule has 5 heteroatoms. The van der Waals surface area contributed by atoms with Crippen LogP contribution in [-0.2, 0) is 9.59 Å². The summed E-state index contributed by atoms with van der Waals surface area (Å²) in [5, 5.41) is 2.52. The van der Waals surface area contributed by atoms with Gasteiger partial charge >= 0.3 is 0 Å². The van der Waals surface area contributed by atoms with Crippen LogP contribution in [0.4, 0.5) is 0 Å². The molecule has 2 amide bonds. The highest BCUT2D eigenvalue weighted by molar-refractivity contribution is 5.96. The minimum absolute atomic E-state index is 0.525. The van der Waals surface area contributed by atoms with Crippen LogP contribution in [-0.4, -0.2) is 23.9 Å². The van der Waals surface area contributed by atoms with Crippen molar-refractivity contribution in [1.82, 2.24) is 5.32 Å². The van der Waals surface area contributed by atoms with E-state index in [4.69, 9.17) is 11.5 Å². The van der Waals surface area contributed by atoms with Gasteiger partial charge in [-0.15, -0.1) is 0 Å². The molecule has 0 radical (unpaired) electrons. The molecule has 1 fully saturated rings. The SMILES string of the molecule is NC(=O)C1NC1C(N)=O. The zero-order valence-electron chi connectivity index (χ0n) is 4.63. The molecule has 9 heavy (non-hydrogen) atoms. The molecule has 5 N–H and O–H groups in total. The lowest BCUT2D eigenvalue weighted by atomic mass is 10.3. The van der Waals surface area contributed by atoms with Gasteiger partial charge in [0.25, 0.3) is 0 Å². The van der Waals surface area contributed by atoms with Gasteiger partial charge in [0, 0.05) is 0 Å². The first-order valence-corrected chi connectivity index (χ1v) is 2.47. The summed E-state index contributed by atoms with van der Waals surface area (Å²) in [5.74, 6) is -1.06. The Morgan fingerprint density at radius 3 is 1.56 bits per heavy atom. The maximum atomic E-state index is 10.2. The van der Waals surface area contributed by atoms with E-state index >= 15 is 0 Å². The minimum Gasteiger partial charge on any atom is -0.368 e. The number of carbonyl (C=O) groups is 2. The second-order valence-corrected chi connectivity index (χ2v) is 1.93. The Hall–Kier alpha value is -1.10. The van der Waals surface area contributed by atoms with E-state index in [0.29, 0.717) is 0 Å². The number of carbonyl (C=O) groups excluding carboxylic acids is 2. The van der Waals surface area contributed by atoms with Crippen LogP contribution in [0, 0.1) is 0 Å². The predicted octanol–water partition coefficient (Wildman–Crippen LogP) is -2.70. The van der Waals surface area contributed by atoms with Crippen molar-refractivity contribution >= 4 is 11.8 Å². The first kappa shape index (κ1) is 6.03. The standard InChI is InChI=1S/C4H7N3O2/c5-3(8)1-2(7-1)4(6)9/h1-2,7H,(H2,5,8)(H2,6,9). The molecule has 2 atom stereocenters. The van der Waals surface area contributed by atoms with Crippen LogP contribution in [0.5, 0.6) is 0 Å². The van der Waals surface area contributed by atoms with Crippen LogP contribution in [0.2, 0.25) is 0 Å². The van der Waals surface area contributed by atoms with Gasteiger partial charge in [0.1, 0.15) is 12.1 Å². The number of rotatable bonds is 2. The van der Waals surface area contributed by atoms with Gasteiger partial charge in [-0.05, 0) is 0 Å². The third kappa shape index (κ3) is 0.996. The molecule has 0 aromatic heterocycles. The van der Waals surface area contributed by atoms with Crippen molar-refractivity contribution in [3.8, 4) is 0 Å². The lowest BCUT2D eigenvalue weighted by molar-refractivity contribution is -0.121. The van der Waals surface area contributed by atoms with E-state index in [1.165, 1.54) is 0 Å². The molecule has 0 saturated carbocycles. The molecule has 1 aliphatic rings. The van der Waals surface area contributed by atoms with E-state index in [1.54, 1.807) is 0 Å². The van der Waals surface area contributed by atoms with Gasteiger partial charge in [-0.25, -0.2) is 0 Å². The number of nitrogens with one attached hydrogen (secondary N) is 1. The average Bonchev–Trinajstić information content (AvgIpc) is 2.39. The molecule has 0 bridgehead atoms. The summed E-state index contributed by atoms with van der Waals surface area (Å²) in [6.07, 6.45) is 0. The quantitative estimate of drug-likeness (QED) is 0.353. The van der Waals surface area contributed by atoms with Crippen LogP contribution in [0.15, 0.2) is 0 Å². The number of nitrogens with two attached hydrogens (primary N) is 2. The van der Waals surface area contributed by atoms with Gasteiger partial charge < -0.3 is 11.5 Å². The summed E-state index contributed by atoms with van der Waals surface area (Å²) >= 11 is 0. The third-order valence-electron chi connectivity index (χ3n) is 1.20. The first-order valence-electron chi connectivity index (χ1n) is 2.47. The zero-order chi connectivity index (χ0) is 7.02. The third-order valence-corrected chi connectivity index (χ3v) is 1.20. The molecular weight excluding hydrogens is 122 g/mol. The van der Waals surface area contributed by atoms with Crippen molar-refractivity contribution in [3.63, 3.8) is 0 Å². The van der Waals surface area contributed by atoms with Crippen LogP contribution >= 0.6 is 0 Å². The Balaban J connectivity index is 2.42. The number of primary amides is 2. The Morgan fingerprint density at radius 2 is 1.44 bits per heavy atom. The maximum Gasteiger partial charge on any atom is 0.236 e. The Morgan fingerprint density at radius 1 is 1.11 bits per heavy atom. The highest BCUT2D eigenvalue weighted by atomic mass is 16.2. The van der Waals surface area contributed by atoms with Crippen molar-refractivity contribution in [1.29, 1.82) is 0 Å². The van der Waals surface area contributed by atoms with Crippen molar-refractivity contribution in [2.45, 2.75) is 12.1 Å². The summed E-state index contributed by atoms with van der Waals surface area (Å²) in [7, 11) is 0. The second-order valence-electron chi connectivity index (χ2n) is 1.93. The van der Waals surface area contributed by atoms with E-state index in [1.807, 2.05) is 0 Å². The Kier molecular flexibility index (Phi) is 1.14. The van der Waals surface area contributed by atoms with Crippen LogP contribution in [0.3, 0.4) is 0 Å². The highest BCUT2D eigenvalue weighted by Crippen LogP contribution is 2.07. The van der Waals surface area contributed by atoms with Crippen LogP contribution in [0.25, 0.3) is 0 Å². The average molecular weight is 129 g/mol. The molecule has 5 nitrogen and oxygen atoms in total. The summed E-state index contributed by atoms with van der Waals surface area (Å²) in [6, 6.07) is -1.05. The predicted molar refractivity (Wildman–Crippen MR) is 29.1 cm³/mol. The Labute approximate surface area is 51.4 Å². The molecule has 50 valence electrons. The number of hydrogen-bond donors (Lipinski definition) is 3. The van der Waals surface area contributed by atoms with Gasteiger partial charge in [0.05, 0.1) is 0 Å². The fourth-order valence-electron chi connectivity index (χ4n) is 0.631. The van der Waals surface area contributed by atoms with E-state index in [2.05, 4.69) is 5.32 Å². The molecule has 1 saturated heterocycles. The van der Waals surface area contributed by atoms with E-state index in [9.17, 15) is 9.59 Å². The fraction of sp³-hybridized carbons (Fsp3) is 0.500. The fourth-order valence-corrected chi connectivity index (χ4v) is 0.631. The van der Waals surface area contributed by atoms with Crippen molar-refractivity contribution in [2.75, 3.05) is 0 Å². The van der Waals surface area contributed by atoms with Crippen molar-refractivity contribution in [2.24, 2.45) is 11.5 Å². The van der Waals surface area contributed by atoms with Crippen LogP contribution < -0.4 is 16.8 Å². The maximum absolute atomic E-state index is 10.2. The molecule has 2 unspecified atom stereocenters. The number of amides is 2. The van der Waals surface area contributed by atoms with Crippen molar-refractivity contribution in [3.05, 3.63) is 0 Å². The van der Waals surface area contributed by atoms with Crippen LogP contribution in [0.1, 0.15) is 0 Å².